The van der Waals surface area contributed by atoms with Crippen LogP contribution in [0.1, 0.15) is 20.7 Å². The average molecular weight is 424 g/mol. The van der Waals surface area contributed by atoms with Gasteiger partial charge in [-0.25, -0.2) is 0 Å². The molecule has 0 spiro atoms. The first-order valence-electron chi connectivity index (χ1n) is 8.72. The molecule has 0 aliphatic heterocycles. The highest BCUT2D eigenvalue weighted by atomic mass is 35.5. The molecule has 0 bridgehead atoms. The molecular formula is C22H15Cl2N3O2. The minimum atomic E-state index is -0.413. The van der Waals surface area contributed by atoms with E-state index < -0.39 is 5.91 Å². The van der Waals surface area contributed by atoms with Crippen molar-refractivity contribution in [2.24, 2.45) is 0 Å². The van der Waals surface area contributed by atoms with Crippen molar-refractivity contribution in [3.63, 3.8) is 0 Å². The molecule has 5 nitrogen and oxygen atoms in total. The highest BCUT2D eigenvalue weighted by Gasteiger charge is 2.24. The molecule has 0 aliphatic rings. The van der Waals surface area contributed by atoms with Gasteiger partial charge in [0.25, 0.3) is 11.8 Å². The van der Waals surface area contributed by atoms with Crippen LogP contribution >= 0.6 is 23.2 Å². The molecule has 0 radical (unpaired) electrons. The minimum absolute atomic E-state index is 0.0672. The Bertz CT molecular complexity index is 1230. The van der Waals surface area contributed by atoms with Gasteiger partial charge in [0.05, 0.1) is 11.1 Å². The summed E-state index contributed by atoms with van der Waals surface area (Å²) < 4.78 is 1.34. The van der Waals surface area contributed by atoms with Gasteiger partial charge in [0, 0.05) is 26.7 Å². The molecule has 1 amide bonds. The number of carbonyl (C=O) groups is 2. The van der Waals surface area contributed by atoms with Crippen LogP contribution in [0.15, 0.2) is 72.8 Å². The number of amides is 1. The van der Waals surface area contributed by atoms with Gasteiger partial charge in [0.1, 0.15) is 5.82 Å². The van der Waals surface area contributed by atoms with E-state index in [0.29, 0.717) is 32.2 Å². The van der Waals surface area contributed by atoms with E-state index in [2.05, 4.69) is 5.32 Å². The fraction of sp³-hybridized carbons (Fsp3) is 0. The summed E-state index contributed by atoms with van der Waals surface area (Å²) in [6.45, 7) is 0. The van der Waals surface area contributed by atoms with Crippen molar-refractivity contribution >= 4 is 57.4 Å². The number of nitrogen functional groups attached to an aromatic ring is 1. The van der Waals surface area contributed by atoms with Gasteiger partial charge < -0.3 is 11.1 Å². The molecule has 4 aromatic rings. The van der Waals surface area contributed by atoms with Crippen LogP contribution in [0.4, 0.5) is 11.5 Å². The monoisotopic (exact) mass is 423 g/mol. The first-order valence-corrected chi connectivity index (χ1v) is 9.47. The number of carbonyl (C=O) groups excluding carboxylic acids is 2. The van der Waals surface area contributed by atoms with Crippen LogP contribution in [0.25, 0.3) is 10.9 Å². The second-order valence-electron chi connectivity index (χ2n) is 6.39. The van der Waals surface area contributed by atoms with Crippen LogP contribution in [-0.2, 0) is 0 Å². The molecule has 144 valence electrons. The number of aromatic nitrogens is 1. The second-order valence-corrected chi connectivity index (χ2v) is 7.26. The Balaban J connectivity index is 1.80. The summed E-state index contributed by atoms with van der Waals surface area (Å²) in [6, 6.07) is 20.3. The largest absolute Gasteiger partial charge is 0.384 e. The number of halogens is 2. The van der Waals surface area contributed by atoms with Crippen molar-refractivity contribution in [3.8, 4) is 0 Å². The topological polar surface area (TPSA) is 77.1 Å². The number of rotatable bonds is 3. The van der Waals surface area contributed by atoms with Crippen molar-refractivity contribution in [2.45, 2.75) is 0 Å². The molecule has 1 heterocycles. The van der Waals surface area contributed by atoms with E-state index in [-0.39, 0.29) is 17.3 Å². The zero-order valence-electron chi connectivity index (χ0n) is 15.0. The van der Waals surface area contributed by atoms with E-state index in [1.165, 1.54) is 4.57 Å². The predicted octanol–water partition coefficient (Wildman–Crippen LogP) is 5.47. The molecule has 0 unspecified atom stereocenters. The molecule has 0 saturated carbocycles. The Morgan fingerprint density at radius 3 is 2.07 bits per heavy atom. The smallest absolute Gasteiger partial charge is 0.263 e. The average Bonchev–Trinajstić information content (AvgIpc) is 3.01. The van der Waals surface area contributed by atoms with E-state index in [4.69, 9.17) is 28.9 Å². The third kappa shape index (κ3) is 3.58. The number of nitrogens with one attached hydrogen (secondary N) is 1. The third-order valence-electron chi connectivity index (χ3n) is 4.53. The lowest BCUT2D eigenvalue weighted by Gasteiger charge is -2.08. The lowest BCUT2D eigenvalue weighted by atomic mass is 10.1. The van der Waals surface area contributed by atoms with Crippen LogP contribution in [0.3, 0.4) is 0 Å². The van der Waals surface area contributed by atoms with Crippen LogP contribution in [0, 0.1) is 0 Å². The van der Waals surface area contributed by atoms with E-state index in [1.807, 2.05) is 0 Å². The van der Waals surface area contributed by atoms with Crippen molar-refractivity contribution in [1.82, 2.24) is 4.57 Å². The predicted molar refractivity (Wildman–Crippen MR) is 117 cm³/mol. The summed E-state index contributed by atoms with van der Waals surface area (Å²) in [7, 11) is 0. The number of nitrogens with zero attached hydrogens (tertiary/aromatic N) is 1. The first-order chi connectivity index (χ1) is 14.0. The van der Waals surface area contributed by atoms with Gasteiger partial charge in [-0.3, -0.25) is 14.2 Å². The summed E-state index contributed by atoms with van der Waals surface area (Å²) in [5, 5.41) is 4.47. The summed E-state index contributed by atoms with van der Waals surface area (Å²) >= 11 is 11.8. The maximum atomic E-state index is 13.1. The van der Waals surface area contributed by atoms with Gasteiger partial charge in [-0.15, -0.1) is 0 Å². The van der Waals surface area contributed by atoms with E-state index in [1.54, 1.807) is 72.8 Å². The zero-order valence-corrected chi connectivity index (χ0v) is 16.5. The van der Waals surface area contributed by atoms with Crippen LogP contribution in [-0.4, -0.2) is 16.4 Å². The molecule has 3 N–H and O–H groups in total. The van der Waals surface area contributed by atoms with Crippen molar-refractivity contribution in [3.05, 3.63) is 94.0 Å². The first kappa shape index (κ1) is 19.1. The van der Waals surface area contributed by atoms with Gasteiger partial charge in [-0.05, 0) is 54.6 Å². The van der Waals surface area contributed by atoms with Crippen molar-refractivity contribution < 1.29 is 9.59 Å². The maximum Gasteiger partial charge on any atom is 0.263 e. The summed E-state index contributed by atoms with van der Waals surface area (Å²) in [5.41, 5.74) is 8.06. The standard InChI is InChI=1S/C22H15Cl2N3O2/c23-14-7-5-13(6-8-14)22(29)27-18-4-2-1-3-17(18)19(20(27)25)21(28)26-16-11-9-15(24)10-12-16/h1-12H,25H2,(H,26,28). The normalized spacial score (nSPS) is 10.8. The van der Waals surface area contributed by atoms with Crippen LogP contribution in [0.5, 0.6) is 0 Å². The number of fused-ring (bicyclic) bond motifs is 1. The maximum absolute atomic E-state index is 13.1. The fourth-order valence-corrected chi connectivity index (χ4v) is 3.42. The molecular weight excluding hydrogens is 409 g/mol. The van der Waals surface area contributed by atoms with Crippen LogP contribution < -0.4 is 11.1 Å². The highest BCUT2D eigenvalue weighted by Crippen LogP contribution is 2.30. The number of hydrogen-bond donors (Lipinski definition) is 2. The molecule has 0 fully saturated rings. The summed E-state index contributed by atoms with van der Waals surface area (Å²) in [4.78, 5) is 26.1. The number of benzene rings is 3. The van der Waals surface area contributed by atoms with Gasteiger partial charge in [-0.1, -0.05) is 41.4 Å². The number of hydrogen-bond acceptors (Lipinski definition) is 3. The lowest BCUT2D eigenvalue weighted by Crippen LogP contribution is -2.17. The Kier molecular flexibility index (Phi) is 5.01. The molecule has 1 aromatic heterocycles. The molecule has 7 heteroatoms. The highest BCUT2D eigenvalue weighted by molar-refractivity contribution is 6.31. The lowest BCUT2D eigenvalue weighted by molar-refractivity contribution is 0.0967. The number of anilines is 2. The van der Waals surface area contributed by atoms with Gasteiger partial charge in [0.2, 0.25) is 0 Å². The fourth-order valence-electron chi connectivity index (χ4n) is 3.17. The molecule has 4 rings (SSSR count). The van der Waals surface area contributed by atoms with Gasteiger partial charge in [-0.2, -0.15) is 0 Å². The van der Waals surface area contributed by atoms with Gasteiger partial charge >= 0.3 is 0 Å². The van der Waals surface area contributed by atoms with Gasteiger partial charge in [0.15, 0.2) is 0 Å². The molecule has 0 aliphatic carbocycles. The molecule has 29 heavy (non-hydrogen) atoms. The number of para-hydroxylation sites is 1. The third-order valence-corrected chi connectivity index (χ3v) is 5.04. The number of nitrogens with two attached hydrogens (primary N) is 1. The SMILES string of the molecule is Nc1c(C(=O)Nc2ccc(Cl)cc2)c2ccccc2n1C(=O)c1ccc(Cl)cc1. The molecule has 0 atom stereocenters. The quantitative estimate of drug-likeness (QED) is 0.458. The van der Waals surface area contributed by atoms with Crippen LogP contribution in [0.2, 0.25) is 10.0 Å². The van der Waals surface area contributed by atoms with E-state index in [0.717, 1.165) is 0 Å². The van der Waals surface area contributed by atoms with E-state index >= 15 is 0 Å². The molecule has 3 aromatic carbocycles. The Morgan fingerprint density at radius 2 is 1.41 bits per heavy atom. The zero-order chi connectivity index (χ0) is 20.5. The van der Waals surface area contributed by atoms with Crippen molar-refractivity contribution in [1.29, 1.82) is 0 Å². The summed E-state index contributed by atoms with van der Waals surface area (Å²) in [5.74, 6) is -0.692. The molecule has 0 saturated heterocycles. The minimum Gasteiger partial charge on any atom is -0.384 e. The second kappa shape index (κ2) is 7.62. The summed E-state index contributed by atoms with van der Waals surface area (Å²) in [6.07, 6.45) is 0. The Hall–Kier alpha value is -3.28. The Labute approximate surface area is 176 Å². The Morgan fingerprint density at radius 1 is 0.828 bits per heavy atom. The van der Waals surface area contributed by atoms with E-state index in [9.17, 15) is 9.59 Å². The van der Waals surface area contributed by atoms with Crippen molar-refractivity contribution in [2.75, 3.05) is 11.1 Å².